The Morgan fingerprint density at radius 1 is 1.20 bits per heavy atom. The lowest BCUT2D eigenvalue weighted by molar-refractivity contribution is -0.119. The predicted molar refractivity (Wildman–Crippen MR) is 96.1 cm³/mol. The SMILES string of the molecule is C=C1CCC2C(C)(C)CCCC2(C)C1CC1=C(O)C(=O)C=C(O)C1=O. The van der Waals surface area contributed by atoms with Gasteiger partial charge in [-0.25, -0.2) is 0 Å². The number of Topliss-reactive ketones (excluding diaryl/α,β-unsaturated/α-hetero) is 1. The molecular weight excluding hydrogens is 316 g/mol. The molecule has 0 aromatic carbocycles. The number of ketones is 2. The first kappa shape index (κ1) is 18.0. The van der Waals surface area contributed by atoms with E-state index >= 15 is 0 Å². The average molecular weight is 344 g/mol. The summed E-state index contributed by atoms with van der Waals surface area (Å²) in [5.41, 5.74) is 1.36. The van der Waals surface area contributed by atoms with Gasteiger partial charge in [-0.2, -0.15) is 0 Å². The summed E-state index contributed by atoms with van der Waals surface area (Å²) in [6.45, 7) is 11.2. The molecule has 0 aliphatic heterocycles. The van der Waals surface area contributed by atoms with Crippen LogP contribution in [0.25, 0.3) is 0 Å². The molecule has 2 fully saturated rings. The molecule has 25 heavy (non-hydrogen) atoms. The minimum atomic E-state index is -0.695. The van der Waals surface area contributed by atoms with Crippen molar-refractivity contribution < 1.29 is 19.8 Å². The van der Waals surface area contributed by atoms with E-state index in [4.69, 9.17) is 0 Å². The van der Waals surface area contributed by atoms with E-state index in [2.05, 4.69) is 27.4 Å². The van der Waals surface area contributed by atoms with E-state index in [9.17, 15) is 19.8 Å². The lowest BCUT2D eigenvalue weighted by atomic mass is 9.47. The van der Waals surface area contributed by atoms with E-state index < -0.39 is 23.1 Å². The smallest absolute Gasteiger partial charge is 0.227 e. The van der Waals surface area contributed by atoms with Crippen LogP contribution in [-0.4, -0.2) is 21.8 Å². The Labute approximate surface area is 149 Å². The molecule has 0 aromatic heterocycles. The second-order valence-corrected chi connectivity index (χ2v) is 8.90. The lowest BCUT2D eigenvalue weighted by Crippen LogP contribution is -2.49. The second-order valence-electron chi connectivity index (χ2n) is 8.90. The van der Waals surface area contributed by atoms with Gasteiger partial charge in [0.1, 0.15) is 0 Å². The fourth-order valence-electron chi connectivity index (χ4n) is 5.71. The van der Waals surface area contributed by atoms with Gasteiger partial charge in [0, 0.05) is 11.6 Å². The molecule has 4 nitrogen and oxygen atoms in total. The molecular formula is C21H28O4. The predicted octanol–water partition coefficient (Wildman–Crippen LogP) is 4.58. The minimum absolute atomic E-state index is 0.00945. The molecule has 3 rings (SSSR count). The third-order valence-electron chi connectivity index (χ3n) is 7.02. The Morgan fingerprint density at radius 3 is 2.56 bits per heavy atom. The lowest BCUT2D eigenvalue weighted by Gasteiger charge is -2.58. The van der Waals surface area contributed by atoms with Gasteiger partial charge < -0.3 is 10.2 Å². The molecule has 0 saturated heterocycles. The van der Waals surface area contributed by atoms with Crippen LogP contribution in [0.2, 0.25) is 0 Å². The van der Waals surface area contributed by atoms with E-state index in [0.717, 1.165) is 37.3 Å². The number of aliphatic hydroxyl groups excluding tert-OH is 2. The first-order valence-electron chi connectivity index (χ1n) is 9.17. The van der Waals surface area contributed by atoms with Crippen molar-refractivity contribution in [1.82, 2.24) is 0 Å². The Kier molecular flexibility index (Phi) is 4.21. The molecule has 2 N–H and O–H groups in total. The largest absolute Gasteiger partial charge is 0.504 e. The topological polar surface area (TPSA) is 74.6 Å². The molecule has 0 radical (unpaired) electrons. The van der Waals surface area contributed by atoms with Crippen molar-refractivity contribution in [2.24, 2.45) is 22.7 Å². The second kappa shape index (κ2) is 5.86. The first-order chi connectivity index (χ1) is 11.6. The zero-order valence-corrected chi connectivity index (χ0v) is 15.4. The van der Waals surface area contributed by atoms with Crippen LogP contribution in [0, 0.1) is 22.7 Å². The van der Waals surface area contributed by atoms with Gasteiger partial charge >= 0.3 is 0 Å². The maximum Gasteiger partial charge on any atom is 0.227 e. The molecule has 2 saturated carbocycles. The maximum absolute atomic E-state index is 12.3. The summed E-state index contributed by atoms with van der Waals surface area (Å²) in [5.74, 6) is -1.87. The normalized spacial score (nSPS) is 35.5. The number of rotatable bonds is 2. The number of aliphatic hydroxyl groups is 2. The van der Waals surface area contributed by atoms with E-state index in [-0.39, 0.29) is 28.7 Å². The van der Waals surface area contributed by atoms with E-state index in [1.807, 2.05) is 0 Å². The summed E-state index contributed by atoms with van der Waals surface area (Å²) in [6, 6.07) is 0. The molecule has 0 amide bonds. The van der Waals surface area contributed by atoms with Crippen LogP contribution >= 0.6 is 0 Å². The van der Waals surface area contributed by atoms with Crippen molar-refractivity contribution in [2.45, 2.75) is 59.3 Å². The van der Waals surface area contributed by atoms with Gasteiger partial charge in [-0.15, -0.1) is 0 Å². The van der Waals surface area contributed by atoms with Crippen molar-refractivity contribution in [3.8, 4) is 0 Å². The summed E-state index contributed by atoms with van der Waals surface area (Å²) in [7, 11) is 0. The number of fused-ring (bicyclic) bond motifs is 1. The molecule has 4 heteroatoms. The van der Waals surface area contributed by atoms with Crippen molar-refractivity contribution >= 4 is 11.6 Å². The van der Waals surface area contributed by atoms with Crippen molar-refractivity contribution in [1.29, 1.82) is 0 Å². The molecule has 0 spiro atoms. The molecule has 136 valence electrons. The molecule has 0 heterocycles. The number of hydrogen-bond acceptors (Lipinski definition) is 4. The summed E-state index contributed by atoms with van der Waals surface area (Å²) < 4.78 is 0. The quantitative estimate of drug-likeness (QED) is 0.568. The minimum Gasteiger partial charge on any atom is -0.504 e. The van der Waals surface area contributed by atoms with Gasteiger partial charge in [0.2, 0.25) is 11.6 Å². The summed E-state index contributed by atoms with van der Waals surface area (Å²) in [4.78, 5) is 24.2. The van der Waals surface area contributed by atoms with Gasteiger partial charge in [-0.1, -0.05) is 39.3 Å². The molecule has 3 aliphatic carbocycles. The fourth-order valence-corrected chi connectivity index (χ4v) is 5.71. The van der Waals surface area contributed by atoms with Crippen LogP contribution in [0.4, 0.5) is 0 Å². The molecule has 0 bridgehead atoms. The Morgan fingerprint density at radius 2 is 1.88 bits per heavy atom. The summed E-state index contributed by atoms with van der Waals surface area (Å²) in [6.07, 6.45) is 6.46. The van der Waals surface area contributed by atoms with Crippen LogP contribution in [0.15, 0.2) is 35.3 Å². The Bertz CT molecular complexity index is 709. The number of allylic oxidation sites excluding steroid dienone is 3. The van der Waals surface area contributed by atoms with E-state index in [1.165, 1.54) is 6.42 Å². The third-order valence-corrected chi connectivity index (χ3v) is 7.02. The molecule has 3 atom stereocenters. The van der Waals surface area contributed by atoms with Crippen molar-refractivity contribution in [3.05, 3.63) is 35.3 Å². The standard InChI is InChI=1S/C21H28O4/c1-12-6-7-17-20(2,3)8-5-9-21(17,4)14(12)10-13-18(24)15(22)11-16(23)19(13)25/h11,14,17,22,25H,1,5-10H2,2-4H3. The van der Waals surface area contributed by atoms with E-state index in [0.29, 0.717) is 5.92 Å². The van der Waals surface area contributed by atoms with Gasteiger partial charge in [0.25, 0.3) is 0 Å². The first-order valence-corrected chi connectivity index (χ1v) is 9.17. The van der Waals surface area contributed by atoms with Crippen LogP contribution in [0.3, 0.4) is 0 Å². The molecule has 3 unspecified atom stereocenters. The monoisotopic (exact) mass is 344 g/mol. The Hall–Kier alpha value is -1.84. The van der Waals surface area contributed by atoms with Gasteiger partial charge in [-0.05, 0) is 54.8 Å². The summed E-state index contributed by atoms with van der Waals surface area (Å²) >= 11 is 0. The average Bonchev–Trinajstić information content (AvgIpc) is 2.51. The zero-order valence-electron chi connectivity index (χ0n) is 15.4. The third kappa shape index (κ3) is 2.76. The van der Waals surface area contributed by atoms with Crippen LogP contribution in [0.1, 0.15) is 59.3 Å². The highest BCUT2D eigenvalue weighted by atomic mass is 16.3. The number of carbonyl (C=O) groups excluding carboxylic acids is 2. The zero-order chi connectivity index (χ0) is 18.6. The Balaban J connectivity index is 1.98. The van der Waals surface area contributed by atoms with Crippen molar-refractivity contribution in [3.63, 3.8) is 0 Å². The fraction of sp³-hybridized carbons (Fsp3) is 0.619. The number of hydrogen-bond donors (Lipinski definition) is 2. The van der Waals surface area contributed by atoms with Gasteiger partial charge in [0.05, 0.1) is 0 Å². The van der Waals surface area contributed by atoms with Crippen LogP contribution < -0.4 is 0 Å². The van der Waals surface area contributed by atoms with E-state index in [1.54, 1.807) is 0 Å². The molecule has 3 aliphatic rings. The van der Waals surface area contributed by atoms with Gasteiger partial charge in [0.15, 0.2) is 11.5 Å². The number of carbonyl (C=O) groups is 2. The van der Waals surface area contributed by atoms with Crippen LogP contribution in [-0.2, 0) is 9.59 Å². The highest BCUT2D eigenvalue weighted by molar-refractivity contribution is 6.20. The highest BCUT2D eigenvalue weighted by Crippen LogP contribution is 2.62. The van der Waals surface area contributed by atoms with Gasteiger partial charge in [-0.3, -0.25) is 9.59 Å². The highest BCUT2D eigenvalue weighted by Gasteiger charge is 2.53. The van der Waals surface area contributed by atoms with Crippen LogP contribution in [0.5, 0.6) is 0 Å². The van der Waals surface area contributed by atoms with Crippen molar-refractivity contribution in [2.75, 3.05) is 0 Å². The summed E-state index contributed by atoms with van der Waals surface area (Å²) in [5, 5.41) is 19.9. The molecule has 0 aromatic rings. The maximum atomic E-state index is 12.3.